The number of hydrogen-bond donors (Lipinski definition) is 2. The van der Waals surface area contributed by atoms with Crippen LogP contribution >= 0.6 is 23.2 Å². The van der Waals surface area contributed by atoms with E-state index in [4.69, 9.17) is 37.8 Å². The van der Waals surface area contributed by atoms with Crippen LogP contribution in [0.3, 0.4) is 0 Å². The third-order valence-corrected chi connectivity index (χ3v) is 4.34. The van der Waals surface area contributed by atoms with Crippen LogP contribution in [-0.2, 0) is 14.3 Å². The van der Waals surface area contributed by atoms with Crippen LogP contribution in [0, 0.1) is 0 Å². The smallest absolute Gasteiger partial charge is 0.305 e. The number of carbonyl (C=O) groups is 2. The highest BCUT2D eigenvalue weighted by molar-refractivity contribution is 6.42. The second-order valence-corrected chi connectivity index (χ2v) is 6.19. The molecule has 0 radical (unpaired) electrons. The zero-order valence-corrected chi connectivity index (χ0v) is 13.8. The molecule has 1 aromatic rings. The first-order valence-corrected chi connectivity index (χ1v) is 7.84. The number of benzene rings is 1. The average molecular weight is 362 g/mol. The van der Waals surface area contributed by atoms with Crippen LogP contribution in [0.1, 0.15) is 19.3 Å². The number of aliphatic carboxylic acids is 1. The summed E-state index contributed by atoms with van der Waals surface area (Å²) in [7, 11) is 0. The summed E-state index contributed by atoms with van der Waals surface area (Å²) in [5.41, 5.74) is -0.790. The van der Waals surface area contributed by atoms with Gasteiger partial charge in [0.2, 0.25) is 0 Å². The number of rotatable bonds is 6. The molecule has 0 aromatic heterocycles. The summed E-state index contributed by atoms with van der Waals surface area (Å²) in [5.74, 6) is -0.939. The van der Waals surface area contributed by atoms with Crippen molar-refractivity contribution in [3.8, 4) is 5.75 Å². The van der Waals surface area contributed by atoms with E-state index in [1.54, 1.807) is 12.1 Å². The molecule has 1 saturated heterocycles. The quantitative estimate of drug-likeness (QED) is 0.812. The molecule has 1 amide bonds. The van der Waals surface area contributed by atoms with Crippen LogP contribution in [0.4, 0.5) is 0 Å². The fraction of sp³-hybridized carbons (Fsp3) is 0.467. The van der Waals surface area contributed by atoms with Crippen molar-refractivity contribution in [2.75, 3.05) is 19.8 Å². The van der Waals surface area contributed by atoms with Crippen LogP contribution in [0.15, 0.2) is 18.2 Å². The monoisotopic (exact) mass is 361 g/mol. The topological polar surface area (TPSA) is 84.9 Å². The highest BCUT2D eigenvalue weighted by Crippen LogP contribution is 2.27. The van der Waals surface area contributed by atoms with E-state index in [0.717, 1.165) is 0 Å². The van der Waals surface area contributed by atoms with Gasteiger partial charge in [0.1, 0.15) is 5.75 Å². The van der Waals surface area contributed by atoms with Gasteiger partial charge in [-0.25, -0.2) is 0 Å². The molecule has 1 fully saturated rings. The van der Waals surface area contributed by atoms with Gasteiger partial charge in [0, 0.05) is 19.3 Å². The minimum Gasteiger partial charge on any atom is -0.484 e. The highest BCUT2D eigenvalue weighted by atomic mass is 35.5. The van der Waals surface area contributed by atoms with Gasteiger partial charge in [0.15, 0.2) is 6.61 Å². The predicted molar refractivity (Wildman–Crippen MR) is 85.1 cm³/mol. The standard InChI is InChI=1S/C15H17Cl2NO5/c16-11-2-1-10(7-12(11)17)23-9-13(19)18-15(8-14(20)21)3-5-22-6-4-15/h1-2,7H,3-6,8-9H2,(H,18,19)(H,20,21). The minimum absolute atomic E-state index is 0.144. The van der Waals surface area contributed by atoms with Gasteiger partial charge in [0.25, 0.3) is 5.91 Å². The summed E-state index contributed by atoms with van der Waals surface area (Å²) in [6.45, 7) is 0.600. The van der Waals surface area contributed by atoms with Crippen molar-refractivity contribution in [3.05, 3.63) is 28.2 Å². The van der Waals surface area contributed by atoms with Crippen LogP contribution in [-0.4, -0.2) is 42.3 Å². The molecule has 23 heavy (non-hydrogen) atoms. The van der Waals surface area contributed by atoms with Gasteiger partial charge in [-0.05, 0) is 25.0 Å². The molecule has 6 nitrogen and oxygen atoms in total. The summed E-state index contributed by atoms with van der Waals surface area (Å²) >= 11 is 11.7. The van der Waals surface area contributed by atoms with Crippen molar-refractivity contribution in [3.63, 3.8) is 0 Å². The van der Waals surface area contributed by atoms with Gasteiger partial charge >= 0.3 is 5.97 Å². The lowest BCUT2D eigenvalue weighted by atomic mass is 9.86. The zero-order valence-electron chi connectivity index (χ0n) is 12.3. The predicted octanol–water partition coefficient (Wildman–Crippen LogP) is 2.51. The van der Waals surface area contributed by atoms with Gasteiger partial charge in [-0.2, -0.15) is 0 Å². The van der Waals surface area contributed by atoms with E-state index in [1.807, 2.05) is 0 Å². The Balaban J connectivity index is 1.93. The molecule has 1 aromatic carbocycles. The first kappa shape index (κ1) is 17.8. The number of carboxylic acids is 1. The number of halogens is 2. The third kappa shape index (κ3) is 5.27. The molecule has 0 saturated carbocycles. The molecule has 2 rings (SSSR count). The SMILES string of the molecule is O=C(O)CC1(NC(=O)COc2ccc(Cl)c(Cl)c2)CCOCC1. The van der Waals surface area contributed by atoms with Crippen LogP contribution in [0.2, 0.25) is 10.0 Å². The molecule has 2 N–H and O–H groups in total. The average Bonchev–Trinajstić information content (AvgIpc) is 2.48. The Morgan fingerprint density at radius 3 is 2.57 bits per heavy atom. The summed E-state index contributed by atoms with van der Waals surface area (Å²) in [5, 5.41) is 12.6. The molecule has 1 heterocycles. The molecular formula is C15H17Cl2NO5. The van der Waals surface area contributed by atoms with Crippen molar-refractivity contribution >= 4 is 35.1 Å². The van der Waals surface area contributed by atoms with Crippen LogP contribution < -0.4 is 10.1 Å². The normalized spacial score (nSPS) is 16.6. The first-order valence-electron chi connectivity index (χ1n) is 7.09. The Hall–Kier alpha value is -1.50. The molecular weight excluding hydrogens is 345 g/mol. The molecule has 0 bridgehead atoms. The van der Waals surface area contributed by atoms with Crippen molar-refractivity contribution in [1.29, 1.82) is 0 Å². The zero-order chi connectivity index (χ0) is 16.9. The molecule has 8 heteroatoms. The van der Waals surface area contributed by atoms with E-state index in [2.05, 4.69) is 5.32 Å². The van der Waals surface area contributed by atoms with E-state index >= 15 is 0 Å². The molecule has 126 valence electrons. The summed E-state index contributed by atoms with van der Waals surface area (Å²) in [4.78, 5) is 23.1. The van der Waals surface area contributed by atoms with E-state index in [9.17, 15) is 9.59 Å². The Morgan fingerprint density at radius 1 is 1.26 bits per heavy atom. The van der Waals surface area contributed by atoms with E-state index in [-0.39, 0.29) is 18.9 Å². The van der Waals surface area contributed by atoms with Gasteiger partial charge < -0.3 is 19.9 Å². The number of hydrogen-bond acceptors (Lipinski definition) is 4. The summed E-state index contributed by atoms with van der Waals surface area (Å²) in [6.07, 6.45) is 0.768. The minimum atomic E-state index is -0.961. The van der Waals surface area contributed by atoms with Crippen molar-refractivity contribution in [2.45, 2.75) is 24.8 Å². The molecule has 0 atom stereocenters. The molecule has 1 aliphatic rings. The number of carbonyl (C=O) groups excluding carboxylic acids is 1. The summed E-state index contributed by atoms with van der Waals surface area (Å²) < 4.78 is 10.6. The van der Waals surface area contributed by atoms with Crippen molar-refractivity contribution in [2.24, 2.45) is 0 Å². The van der Waals surface area contributed by atoms with Crippen LogP contribution in [0.5, 0.6) is 5.75 Å². The largest absolute Gasteiger partial charge is 0.484 e. The second-order valence-electron chi connectivity index (χ2n) is 5.38. The second kappa shape index (κ2) is 7.86. The Labute approximate surface area is 143 Å². The maximum absolute atomic E-state index is 12.1. The number of amides is 1. The lowest BCUT2D eigenvalue weighted by Crippen LogP contribution is -2.54. The number of ether oxygens (including phenoxy) is 2. The van der Waals surface area contributed by atoms with Gasteiger partial charge in [-0.1, -0.05) is 23.2 Å². The van der Waals surface area contributed by atoms with Gasteiger partial charge in [-0.3, -0.25) is 9.59 Å². The fourth-order valence-corrected chi connectivity index (χ4v) is 2.73. The molecule has 1 aliphatic heterocycles. The molecule has 0 spiro atoms. The fourth-order valence-electron chi connectivity index (χ4n) is 2.44. The van der Waals surface area contributed by atoms with Crippen molar-refractivity contribution < 1.29 is 24.2 Å². The highest BCUT2D eigenvalue weighted by Gasteiger charge is 2.36. The van der Waals surface area contributed by atoms with Gasteiger partial charge in [-0.15, -0.1) is 0 Å². The van der Waals surface area contributed by atoms with E-state index in [1.165, 1.54) is 6.07 Å². The van der Waals surface area contributed by atoms with E-state index < -0.39 is 11.5 Å². The Kier molecular flexibility index (Phi) is 6.10. The maximum atomic E-state index is 12.1. The summed E-state index contributed by atoms with van der Waals surface area (Å²) in [6, 6.07) is 4.68. The maximum Gasteiger partial charge on any atom is 0.305 e. The van der Waals surface area contributed by atoms with E-state index in [0.29, 0.717) is 41.9 Å². The van der Waals surface area contributed by atoms with Crippen molar-refractivity contribution in [1.82, 2.24) is 5.32 Å². The lowest BCUT2D eigenvalue weighted by molar-refractivity contribution is -0.140. The van der Waals surface area contributed by atoms with Gasteiger partial charge in [0.05, 0.1) is 22.0 Å². The lowest BCUT2D eigenvalue weighted by Gasteiger charge is -2.36. The first-order chi connectivity index (χ1) is 10.9. The Morgan fingerprint density at radius 2 is 1.96 bits per heavy atom. The number of nitrogens with one attached hydrogen (secondary N) is 1. The number of carboxylic acid groups (broad SMARTS) is 1. The third-order valence-electron chi connectivity index (χ3n) is 3.61. The molecule has 0 unspecified atom stereocenters. The molecule has 0 aliphatic carbocycles. The Bertz CT molecular complexity index is 587. The van der Waals surface area contributed by atoms with Crippen LogP contribution in [0.25, 0.3) is 0 Å².